The molecule has 2 heterocycles. The Labute approximate surface area is 208 Å². The lowest BCUT2D eigenvalue weighted by Gasteiger charge is -2.16. The smallest absolute Gasteiger partial charge is 0.230 e. The Bertz CT molecular complexity index is 1430. The largest absolute Gasteiger partial charge is 0.349 e. The van der Waals surface area contributed by atoms with Crippen molar-refractivity contribution in [3.8, 4) is 11.4 Å². The molecule has 0 bridgehead atoms. The van der Waals surface area contributed by atoms with E-state index < -0.39 is 0 Å². The second-order valence-corrected chi connectivity index (χ2v) is 9.21. The molecule has 35 heavy (non-hydrogen) atoms. The third-order valence-corrected chi connectivity index (χ3v) is 6.79. The van der Waals surface area contributed by atoms with Gasteiger partial charge < -0.3 is 5.32 Å². The molecule has 6 nitrogen and oxygen atoms in total. The summed E-state index contributed by atoms with van der Waals surface area (Å²) in [7, 11) is 0. The first-order valence-corrected chi connectivity index (χ1v) is 12.4. The highest BCUT2D eigenvalue weighted by atomic mass is 32.2. The van der Waals surface area contributed by atoms with Gasteiger partial charge in [0.15, 0.2) is 11.0 Å². The average molecular weight is 480 g/mol. The van der Waals surface area contributed by atoms with Crippen LogP contribution in [0, 0.1) is 0 Å². The van der Waals surface area contributed by atoms with Crippen molar-refractivity contribution in [2.75, 3.05) is 5.75 Å². The zero-order chi connectivity index (χ0) is 24.0. The summed E-state index contributed by atoms with van der Waals surface area (Å²) >= 11 is 1.39. The van der Waals surface area contributed by atoms with E-state index in [-0.39, 0.29) is 17.7 Å². The molecular weight excluding hydrogens is 454 g/mol. The fraction of sp³-hybridized carbons (Fsp3) is 0.143. The Kier molecular flexibility index (Phi) is 6.86. The first-order valence-electron chi connectivity index (χ1n) is 11.5. The van der Waals surface area contributed by atoms with Crippen LogP contribution in [0.5, 0.6) is 0 Å². The van der Waals surface area contributed by atoms with Crippen molar-refractivity contribution in [2.24, 2.45) is 0 Å². The molecule has 0 fully saturated rings. The lowest BCUT2D eigenvalue weighted by molar-refractivity contribution is -0.119. The monoisotopic (exact) mass is 479 g/mol. The van der Waals surface area contributed by atoms with Crippen LogP contribution in [-0.4, -0.2) is 31.4 Å². The predicted molar refractivity (Wildman–Crippen MR) is 140 cm³/mol. The van der Waals surface area contributed by atoms with Crippen LogP contribution in [0.2, 0.25) is 0 Å². The summed E-state index contributed by atoms with van der Waals surface area (Å²) in [6, 6.07) is 28.3. The van der Waals surface area contributed by atoms with Gasteiger partial charge in [0.05, 0.1) is 18.3 Å². The van der Waals surface area contributed by atoms with E-state index in [1.807, 2.05) is 60.0 Å². The minimum Gasteiger partial charge on any atom is -0.349 e. The summed E-state index contributed by atoms with van der Waals surface area (Å²) in [6.45, 7) is 2.62. The Morgan fingerprint density at radius 2 is 1.74 bits per heavy atom. The van der Waals surface area contributed by atoms with Gasteiger partial charge >= 0.3 is 0 Å². The Morgan fingerprint density at radius 3 is 2.57 bits per heavy atom. The number of hydrogen-bond acceptors (Lipinski definition) is 5. The van der Waals surface area contributed by atoms with E-state index in [9.17, 15) is 4.79 Å². The molecule has 0 saturated carbocycles. The molecule has 1 unspecified atom stereocenters. The fourth-order valence-electron chi connectivity index (χ4n) is 4.13. The van der Waals surface area contributed by atoms with Gasteiger partial charge in [-0.25, -0.2) is 0 Å². The number of rotatable bonds is 8. The number of nitrogens with one attached hydrogen (secondary N) is 1. The highest BCUT2D eigenvalue weighted by molar-refractivity contribution is 7.99. The molecule has 5 aromatic rings. The maximum absolute atomic E-state index is 12.9. The molecule has 1 N–H and O–H groups in total. The number of aromatic nitrogens is 4. The summed E-state index contributed by atoms with van der Waals surface area (Å²) in [5.74, 6) is 0.927. The SMILES string of the molecule is CC(NC(=O)CSc1nnc(-c2cccnc2)n1Cc1ccccc1)c1cccc2ccccc12. The predicted octanol–water partition coefficient (Wildman–Crippen LogP) is 5.51. The van der Waals surface area contributed by atoms with Crippen LogP contribution in [-0.2, 0) is 11.3 Å². The van der Waals surface area contributed by atoms with Gasteiger partial charge in [-0.3, -0.25) is 14.3 Å². The van der Waals surface area contributed by atoms with Crippen LogP contribution in [0.3, 0.4) is 0 Å². The van der Waals surface area contributed by atoms with E-state index in [0.717, 1.165) is 33.3 Å². The number of thioether (sulfide) groups is 1. The normalized spacial score (nSPS) is 11.9. The molecule has 1 amide bonds. The third kappa shape index (κ3) is 5.25. The molecule has 5 rings (SSSR count). The van der Waals surface area contributed by atoms with E-state index in [4.69, 9.17) is 0 Å². The summed E-state index contributed by atoms with van der Waals surface area (Å²) in [6.07, 6.45) is 3.51. The molecule has 0 aliphatic carbocycles. The maximum atomic E-state index is 12.9. The second-order valence-electron chi connectivity index (χ2n) is 8.27. The number of carbonyl (C=O) groups excluding carboxylic acids is 1. The van der Waals surface area contributed by atoms with Crippen LogP contribution in [0.1, 0.15) is 24.1 Å². The van der Waals surface area contributed by atoms with Crippen molar-refractivity contribution >= 4 is 28.4 Å². The van der Waals surface area contributed by atoms with Crippen LogP contribution in [0.4, 0.5) is 0 Å². The highest BCUT2D eigenvalue weighted by Crippen LogP contribution is 2.26. The van der Waals surface area contributed by atoms with Crippen molar-refractivity contribution in [1.29, 1.82) is 0 Å². The van der Waals surface area contributed by atoms with Gasteiger partial charge in [0.25, 0.3) is 0 Å². The molecule has 0 aliphatic heterocycles. The lowest BCUT2D eigenvalue weighted by atomic mass is 10.00. The minimum absolute atomic E-state index is 0.0485. The van der Waals surface area contributed by atoms with E-state index in [2.05, 4.69) is 56.9 Å². The van der Waals surface area contributed by atoms with E-state index in [0.29, 0.717) is 11.7 Å². The summed E-state index contributed by atoms with van der Waals surface area (Å²) < 4.78 is 2.04. The second kappa shape index (κ2) is 10.5. The van der Waals surface area contributed by atoms with Gasteiger partial charge in [-0.2, -0.15) is 0 Å². The van der Waals surface area contributed by atoms with Crippen LogP contribution >= 0.6 is 11.8 Å². The molecule has 0 spiro atoms. The molecule has 0 aliphatic rings. The Morgan fingerprint density at radius 1 is 0.943 bits per heavy atom. The number of hydrogen-bond donors (Lipinski definition) is 1. The highest BCUT2D eigenvalue weighted by Gasteiger charge is 2.18. The molecular formula is C28H25N5OS. The summed E-state index contributed by atoms with van der Waals surface area (Å²) in [5.41, 5.74) is 3.12. The molecule has 2 aromatic heterocycles. The number of amides is 1. The first kappa shape index (κ1) is 22.8. The molecule has 3 aromatic carbocycles. The van der Waals surface area contributed by atoms with Crippen LogP contribution in [0.15, 0.2) is 102 Å². The van der Waals surface area contributed by atoms with Crippen molar-refractivity contribution in [3.63, 3.8) is 0 Å². The molecule has 0 saturated heterocycles. The Balaban J connectivity index is 1.32. The van der Waals surface area contributed by atoms with Gasteiger partial charge in [0, 0.05) is 18.0 Å². The summed E-state index contributed by atoms with van der Waals surface area (Å²) in [4.78, 5) is 17.1. The minimum atomic E-state index is -0.109. The average Bonchev–Trinajstić information content (AvgIpc) is 3.30. The number of benzene rings is 3. The Hall–Kier alpha value is -3.97. The van der Waals surface area contributed by atoms with Crippen molar-refractivity contribution in [2.45, 2.75) is 24.7 Å². The van der Waals surface area contributed by atoms with E-state index in [1.165, 1.54) is 11.8 Å². The van der Waals surface area contributed by atoms with Gasteiger partial charge in [0.1, 0.15) is 0 Å². The zero-order valence-electron chi connectivity index (χ0n) is 19.3. The number of fused-ring (bicyclic) bond motifs is 1. The van der Waals surface area contributed by atoms with E-state index >= 15 is 0 Å². The van der Waals surface area contributed by atoms with Crippen molar-refractivity contribution in [1.82, 2.24) is 25.1 Å². The number of nitrogens with zero attached hydrogens (tertiary/aromatic N) is 4. The zero-order valence-corrected chi connectivity index (χ0v) is 20.2. The summed E-state index contributed by atoms with van der Waals surface area (Å²) in [5, 5.41) is 15.0. The molecule has 0 radical (unpaired) electrons. The molecule has 1 atom stereocenters. The third-order valence-electron chi connectivity index (χ3n) is 5.82. The maximum Gasteiger partial charge on any atom is 0.230 e. The fourth-order valence-corrected chi connectivity index (χ4v) is 4.88. The standard InChI is InChI=1S/C28H25N5OS/c1-20(24-15-7-12-22-11-5-6-14-25(22)24)30-26(34)19-35-28-32-31-27(23-13-8-16-29-17-23)33(28)18-21-9-3-2-4-10-21/h2-17,20H,18-19H2,1H3,(H,30,34). The van der Waals surface area contributed by atoms with Crippen molar-refractivity contribution < 1.29 is 4.79 Å². The van der Waals surface area contributed by atoms with Crippen LogP contribution in [0.25, 0.3) is 22.2 Å². The molecule has 174 valence electrons. The lowest BCUT2D eigenvalue weighted by Crippen LogP contribution is -2.28. The van der Waals surface area contributed by atoms with Gasteiger partial charge in [0.2, 0.25) is 5.91 Å². The first-order chi connectivity index (χ1) is 17.2. The topological polar surface area (TPSA) is 72.7 Å². The van der Waals surface area contributed by atoms with Gasteiger partial charge in [-0.15, -0.1) is 10.2 Å². The number of carbonyl (C=O) groups is 1. The van der Waals surface area contributed by atoms with Gasteiger partial charge in [-0.05, 0) is 41.0 Å². The van der Waals surface area contributed by atoms with Crippen LogP contribution < -0.4 is 5.32 Å². The molecule has 7 heteroatoms. The van der Waals surface area contributed by atoms with Gasteiger partial charge in [-0.1, -0.05) is 84.6 Å². The number of pyridine rings is 1. The van der Waals surface area contributed by atoms with Crippen molar-refractivity contribution in [3.05, 3.63) is 108 Å². The quantitative estimate of drug-likeness (QED) is 0.297. The van der Waals surface area contributed by atoms with E-state index in [1.54, 1.807) is 12.4 Å².